The fraction of sp³-hybridized carbons (Fsp3) is 0.176. The third-order valence-electron chi connectivity index (χ3n) is 3.19. The topological polar surface area (TPSA) is 50.2 Å². The second-order valence-corrected chi connectivity index (χ2v) is 4.86. The molecule has 0 unspecified atom stereocenters. The maximum absolute atomic E-state index is 10.5. The number of benzene rings is 1. The van der Waals surface area contributed by atoms with Crippen molar-refractivity contribution < 1.29 is 9.90 Å². The van der Waals surface area contributed by atoms with Crippen LogP contribution in [0.25, 0.3) is 17.3 Å². The molecule has 0 fully saturated rings. The van der Waals surface area contributed by atoms with Crippen molar-refractivity contribution in [3.63, 3.8) is 0 Å². The van der Waals surface area contributed by atoms with Crippen LogP contribution in [0.2, 0.25) is 0 Å². The Morgan fingerprint density at radius 3 is 2.50 bits per heavy atom. The molecule has 0 radical (unpaired) electrons. The van der Waals surface area contributed by atoms with Gasteiger partial charge in [0.15, 0.2) is 0 Å². The van der Waals surface area contributed by atoms with Crippen LogP contribution in [0, 0.1) is 20.8 Å². The summed E-state index contributed by atoms with van der Waals surface area (Å²) in [5.74, 6) is -0.956. The predicted octanol–water partition coefficient (Wildman–Crippen LogP) is 3.77. The number of hydrogen-bond donors (Lipinski definition) is 1. The van der Waals surface area contributed by atoms with Gasteiger partial charge < -0.3 is 5.11 Å². The molecule has 0 aliphatic heterocycles. The van der Waals surface area contributed by atoms with Gasteiger partial charge in [-0.2, -0.15) is 0 Å². The minimum atomic E-state index is -0.956. The van der Waals surface area contributed by atoms with E-state index in [1.165, 1.54) is 11.1 Å². The highest BCUT2D eigenvalue weighted by Crippen LogP contribution is 2.24. The van der Waals surface area contributed by atoms with Crippen molar-refractivity contribution in [2.75, 3.05) is 0 Å². The molecule has 1 heterocycles. The van der Waals surface area contributed by atoms with Crippen LogP contribution in [-0.4, -0.2) is 16.1 Å². The Morgan fingerprint density at radius 1 is 1.15 bits per heavy atom. The number of aromatic nitrogens is 1. The van der Waals surface area contributed by atoms with Crippen molar-refractivity contribution in [2.45, 2.75) is 20.8 Å². The first kappa shape index (κ1) is 14.0. The zero-order valence-electron chi connectivity index (χ0n) is 11.8. The third kappa shape index (κ3) is 3.12. The van der Waals surface area contributed by atoms with Gasteiger partial charge in [0, 0.05) is 17.3 Å². The molecule has 2 rings (SSSR count). The largest absolute Gasteiger partial charge is 0.478 e. The third-order valence-corrected chi connectivity index (χ3v) is 3.19. The van der Waals surface area contributed by atoms with Crippen molar-refractivity contribution in [1.29, 1.82) is 0 Å². The van der Waals surface area contributed by atoms with Gasteiger partial charge >= 0.3 is 5.97 Å². The molecule has 102 valence electrons. The van der Waals surface area contributed by atoms with E-state index in [2.05, 4.69) is 37.0 Å². The van der Waals surface area contributed by atoms with Crippen molar-refractivity contribution in [2.24, 2.45) is 0 Å². The van der Waals surface area contributed by atoms with Gasteiger partial charge in [-0.05, 0) is 44.0 Å². The molecular weight excluding hydrogens is 250 g/mol. The molecule has 1 N–H and O–H groups in total. The van der Waals surface area contributed by atoms with Crippen LogP contribution >= 0.6 is 0 Å². The number of carboxylic acids is 1. The minimum absolute atomic E-state index is 0.819. The summed E-state index contributed by atoms with van der Waals surface area (Å²) in [5.41, 5.74) is 6.07. The molecule has 0 saturated heterocycles. The first-order valence-electron chi connectivity index (χ1n) is 6.43. The lowest BCUT2D eigenvalue weighted by Gasteiger charge is -2.08. The van der Waals surface area contributed by atoms with Gasteiger partial charge in [0.1, 0.15) is 0 Å². The van der Waals surface area contributed by atoms with E-state index in [1.54, 1.807) is 6.08 Å². The Balaban J connectivity index is 2.40. The Bertz CT molecular complexity index is 687. The van der Waals surface area contributed by atoms with E-state index in [4.69, 9.17) is 5.11 Å². The van der Waals surface area contributed by atoms with E-state index < -0.39 is 5.97 Å². The highest BCUT2D eigenvalue weighted by atomic mass is 16.4. The van der Waals surface area contributed by atoms with Crippen molar-refractivity contribution >= 4 is 12.0 Å². The zero-order valence-corrected chi connectivity index (χ0v) is 11.8. The summed E-state index contributed by atoms with van der Waals surface area (Å²) < 4.78 is 0. The maximum atomic E-state index is 10.5. The minimum Gasteiger partial charge on any atom is -0.478 e. The number of rotatable bonds is 3. The number of aliphatic carboxylic acids is 1. The fourth-order valence-electron chi connectivity index (χ4n) is 2.16. The van der Waals surface area contributed by atoms with Crippen molar-refractivity contribution in [3.8, 4) is 11.3 Å². The molecule has 1 aromatic heterocycles. The summed E-state index contributed by atoms with van der Waals surface area (Å²) in [6.45, 7) is 6.02. The second-order valence-electron chi connectivity index (χ2n) is 4.86. The predicted molar refractivity (Wildman–Crippen MR) is 80.6 cm³/mol. The number of carboxylic acid groups (broad SMARTS) is 1. The summed E-state index contributed by atoms with van der Waals surface area (Å²) in [6.07, 6.45) is 2.69. The molecule has 2 aromatic rings. The zero-order chi connectivity index (χ0) is 14.7. The van der Waals surface area contributed by atoms with Gasteiger partial charge in [0.2, 0.25) is 0 Å². The number of pyridine rings is 1. The van der Waals surface area contributed by atoms with E-state index in [9.17, 15) is 4.79 Å². The molecular formula is C17H17NO2. The van der Waals surface area contributed by atoms with Crippen molar-refractivity contribution in [3.05, 3.63) is 58.8 Å². The smallest absolute Gasteiger partial charge is 0.328 e. The molecule has 0 aliphatic rings. The van der Waals surface area contributed by atoms with Gasteiger partial charge in [-0.3, -0.25) is 4.98 Å². The first-order valence-corrected chi connectivity index (χ1v) is 6.43. The van der Waals surface area contributed by atoms with Crippen LogP contribution in [-0.2, 0) is 4.79 Å². The molecule has 3 nitrogen and oxygen atoms in total. The van der Waals surface area contributed by atoms with Gasteiger partial charge in [0.25, 0.3) is 0 Å². The van der Waals surface area contributed by atoms with Crippen LogP contribution in [0.5, 0.6) is 0 Å². The van der Waals surface area contributed by atoms with Gasteiger partial charge in [-0.15, -0.1) is 0 Å². The monoisotopic (exact) mass is 267 g/mol. The molecule has 0 spiro atoms. The van der Waals surface area contributed by atoms with Crippen LogP contribution < -0.4 is 0 Å². The molecule has 1 aromatic carbocycles. The van der Waals surface area contributed by atoms with Crippen LogP contribution in [0.4, 0.5) is 0 Å². The molecule has 0 saturated carbocycles. The molecule has 20 heavy (non-hydrogen) atoms. The average Bonchev–Trinajstić information content (AvgIpc) is 2.37. The number of aryl methyl sites for hydroxylation is 3. The quantitative estimate of drug-likeness (QED) is 0.861. The first-order chi connectivity index (χ1) is 9.47. The number of carbonyl (C=O) groups is 1. The fourth-order valence-corrected chi connectivity index (χ4v) is 2.16. The van der Waals surface area contributed by atoms with Crippen LogP contribution in [0.15, 0.2) is 36.4 Å². The lowest BCUT2D eigenvalue weighted by Crippen LogP contribution is -1.93. The van der Waals surface area contributed by atoms with E-state index in [0.29, 0.717) is 0 Å². The summed E-state index contributed by atoms with van der Waals surface area (Å²) in [7, 11) is 0. The molecule has 0 atom stereocenters. The number of hydrogen-bond acceptors (Lipinski definition) is 2. The molecule has 0 amide bonds. The lowest BCUT2D eigenvalue weighted by atomic mass is 10.0. The van der Waals surface area contributed by atoms with E-state index in [0.717, 1.165) is 28.6 Å². The Labute approximate surface area is 118 Å². The highest BCUT2D eigenvalue weighted by molar-refractivity contribution is 5.85. The number of nitrogens with zero attached hydrogens (tertiary/aromatic N) is 1. The van der Waals surface area contributed by atoms with E-state index in [1.807, 2.05) is 19.1 Å². The standard InChI is InChI=1S/C17H17NO2/c1-11-4-7-15(12(2)10-11)16-8-5-14(13(3)18-16)6-9-17(19)20/h4-10H,1-3H3,(H,19,20)/b9-6+. The summed E-state index contributed by atoms with van der Waals surface area (Å²) in [5, 5.41) is 8.65. The Hall–Kier alpha value is -2.42. The summed E-state index contributed by atoms with van der Waals surface area (Å²) in [6, 6.07) is 10.1. The Kier molecular flexibility index (Phi) is 3.99. The summed E-state index contributed by atoms with van der Waals surface area (Å²) >= 11 is 0. The summed E-state index contributed by atoms with van der Waals surface area (Å²) in [4.78, 5) is 15.1. The molecule has 3 heteroatoms. The van der Waals surface area contributed by atoms with E-state index in [-0.39, 0.29) is 0 Å². The molecule has 0 aliphatic carbocycles. The van der Waals surface area contributed by atoms with Crippen LogP contribution in [0.1, 0.15) is 22.4 Å². The highest BCUT2D eigenvalue weighted by Gasteiger charge is 2.05. The van der Waals surface area contributed by atoms with E-state index >= 15 is 0 Å². The molecule has 0 bridgehead atoms. The Morgan fingerprint density at radius 2 is 1.90 bits per heavy atom. The van der Waals surface area contributed by atoms with Gasteiger partial charge in [0.05, 0.1) is 5.69 Å². The van der Waals surface area contributed by atoms with Gasteiger partial charge in [-0.25, -0.2) is 4.79 Å². The maximum Gasteiger partial charge on any atom is 0.328 e. The van der Waals surface area contributed by atoms with Gasteiger partial charge in [-0.1, -0.05) is 29.8 Å². The second kappa shape index (κ2) is 5.70. The lowest BCUT2D eigenvalue weighted by molar-refractivity contribution is -0.131. The van der Waals surface area contributed by atoms with Crippen molar-refractivity contribution in [1.82, 2.24) is 4.98 Å². The van der Waals surface area contributed by atoms with Crippen LogP contribution in [0.3, 0.4) is 0 Å². The normalized spacial score (nSPS) is 10.9. The average molecular weight is 267 g/mol. The SMILES string of the molecule is Cc1ccc(-c2ccc(/C=C/C(=O)O)c(C)n2)c(C)c1.